The predicted octanol–water partition coefficient (Wildman–Crippen LogP) is 2.72. The molecule has 0 saturated heterocycles. The number of amides is 1. The fourth-order valence-corrected chi connectivity index (χ4v) is 3.59. The van der Waals surface area contributed by atoms with Crippen LogP contribution in [0.2, 0.25) is 0 Å². The van der Waals surface area contributed by atoms with Gasteiger partial charge in [0.15, 0.2) is 0 Å². The van der Waals surface area contributed by atoms with Gasteiger partial charge in [-0.05, 0) is 30.4 Å². The Hall–Kier alpha value is -3.19. The third-order valence-corrected chi connectivity index (χ3v) is 5.16. The van der Waals surface area contributed by atoms with Crippen molar-refractivity contribution in [3.05, 3.63) is 66.1 Å². The number of aliphatic hydroxyl groups is 1. The Kier molecular flexibility index (Phi) is 5.08. The molecule has 144 valence electrons. The molecule has 1 saturated carbocycles. The maximum absolute atomic E-state index is 13.1. The molecule has 2 aromatic heterocycles. The topological polar surface area (TPSA) is 100 Å². The quantitative estimate of drug-likeness (QED) is 0.612. The van der Waals surface area contributed by atoms with Gasteiger partial charge in [0.2, 0.25) is 5.88 Å². The van der Waals surface area contributed by atoms with E-state index in [1.54, 1.807) is 37.8 Å². The molecule has 2 heterocycles. The monoisotopic (exact) mass is 378 g/mol. The molecule has 3 aromatic rings. The third-order valence-electron chi connectivity index (χ3n) is 5.16. The zero-order valence-corrected chi connectivity index (χ0v) is 15.5. The van der Waals surface area contributed by atoms with E-state index in [0.29, 0.717) is 30.1 Å². The Morgan fingerprint density at radius 3 is 2.71 bits per heavy atom. The van der Waals surface area contributed by atoms with Crippen LogP contribution in [-0.4, -0.2) is 39.2 Å². The van der Waals surface area contributed by atoms with Crippen LogP contribution in [0, 0.1) is 5.92 Å². The van der Waals surface area contributed by atoms with Crippen molar-refractivity contribution < 1.29 is 14.6 Å². The van der Waals surface area contributed by atoms with Crippen molar-refractivity contribution in [3.8, 4) is 17.3 Å². The summed E-state index contributed by atoms with van der Waals surface area (Å²) in [5, 5.41) is 12.9. The van der Waals surface area contributed by atoms with E-state index >= 15 is 0 Å². The molecular formula is C21H22N4O3. The summed E-state index contributed by atoms with van der Waals surface area (Å²) in [4.78, 5) is 24.7. The molecular weight excluding hydrogens is 356 g/mol. The van der Waals surface area contributed by atoms with Crippen molar-refractivity contribution in [1.82, 2.24) is 20.3 Å². The lowest BCUT2D eigenvalue weighted by atomic mass is 9.75. The van der Waals surface area contributed by atoms with Crippen LogP contribution in [0.15, 0.2) is 55.0 Å². The Balaban J connectivity index is 1.61. The first-order valence-corrected chi connectivity index (χ1v) is 9.23. The maximum Gasteiger partial charge on any atom is 0.252 e. The van der Waals surface area contributed by atoms with E-state index < -0.39 is 0 Å². The van der Waals surface area contributed by atoms with Crippen molar-refractivity contribution in [2.75, 3.05) is 7.11 Å². The van der Waals surface area contributed by atoms with Crippen LogP contribution < -0.4 is 10.1 Å². The van der Waals surface area contributed by atoms with Gasteiger partial charge in [0.1, 0.15) is 5.82 Å². The highest BCUT2D eigenvalue weighted by molar-refractivity contribution is 6.00. The van der Waals surface area contributed by atoms with Crippen LogP contribution in [0.3, 0.4) is 0 Å². The zero-order valence-electron chi connectivity index (χ0n) is 15.5. The number of methoxy groups -OCH3 is 1. The number of hydrogen-bond donors (Lipinski definition) is 3. The molecule has 1 aliphatic carbocycles. The SMILES string of the molecule is COc1ccc([C@H](NC(=O)c2ccccc2-c2ncc[nH]2)C2CC(O)C2)cn1. The van der Waals surface area contributed by atoms with Gasteiger partial charge in [-0.2, -0.15) is 0 Å². The number of aliphatic hydroxyl groups excluding tert-OH is 1. The van der Waals surface area contributed by atoms with Crippen molar-refractivity contribution in [2.24, 2.45) is 5.92 Å². The number of carbonyl (C=O) groups excluding carboxylic acids is 1. The fourth-order valence-electron chi connectivity index (χ4n) is 3.59. The molecule has 0 bridgehead atoms. The van der Waals surface area contributed by atoms with Crippen LogP contribution in [0.5, 0.6) is 5.88 Å². The van der Waals surface area contributed by atoms with E-state index in [-0.39, 0.29) is 24.0 Å². The minimum absolute atomic E-state index is 0.157. The molecule has 0 radical (unpaired) electrons. The van der Waals surface area contributed by atoms with Crippen LogP contribution in [0.4, 0.5) is 0 Å². The summed E-state index contributed by atoms with van der Waals surface area (Å²) in [5.41, 5.74) is 2.18. The lowest BCUT2D eigenvalue weighted by Gasteiger charge is -2.38. The summed E-state index contributed by atoms with van der Waals surface area (Å²) in [6.07, 6.45) is 6.09. The first-order chi connectivity index (χ1) is 13.7. The Labute approximate surface area is 162 Å². The number of nitrogens with one attached hydrogen (secondary N) is 2. The molecule has 3 N–H and O–H groups in total. The molecule has 1 atom stereocenters. The number of nitrogens with zero attached hydrogens (tertiary/aromatic N) is 2. The van der Waals surface area contributed by atoms with Gasteiger partial charge in [-0.1, -0.05) is 24.3 Å². The van der Waals surface area contributed by atoms with E-state index in [0.717, 1.165) is 11.1 Å². The number of benzene rings is 1. The normalized spacial score (nSPS) is 19.5. The first-order valence-electron chi connectivity index (χ1n) is 9.23. The summed E-state index contributed by atoms with van der Waals surface area (Å²) in [6.45, 7) is 0. The van der Waals surface area contributed by atoms with E-state index in [1.165, 1.54) is 0 Å². The average molecular weight is 378 g/mol. The standard InChI is InChI=1S/C21H22N4O3/c1-28-18-7-6-13(12-24-18)19(14-10-15(26)11-14)25-21(27)17-5-3-2-4-16(17)20-22-8-9-23-20/h2-9,12,14-15,19,26H,10-11H2,1H3,(H,22,23)(H,25,27)/t14?,15?,19-/m0/s1. The molecule has 1 aliphatic rings. The van der Waals surface area contributed by atoms with E-state index in [9.17, 15) is 9.90 Å². The molecule has 1 aromatic carbocycles. The molecule has 28 heavy (non-hydrogen) atoms. The summed E-state index contributed by atoms with van der Waals surface area (Å²) in [6, 6.07) is 10.8. The van der Waals surface area contributed by atoms with Gasteiger partial charge >= 0.3 is 0 Å². The highest BCUT2D eigenvalue weighted by Gasteiger charge is 2.36. The summed E-state index contributed by atoms with van der Waals surface area (Å²) >= 11 is 0. The molecule has 0 aliphatic heterocycles. The zero-order chi connectivity index (χ0) is 19.5. The van der Waals surface area contributed by atoms with Gasteiger partial charge in [-0.25, -0.2) is 9.97 Å². The summed E-state index contributed by atoms with van der Waals surface area (Å²) in [7, 11) is 1.56. The largest absolute Gasteiger partial charge is 0.481 e. The maximum atomic E-state index is 13.1. The second kappa shape index (κ2) is 7.82. The minimum Gasteiger partial charge on any atom is -0.481 e. The molecule has 4 rings (SSSR count). The number of rotatable bonds is 6. The van der Waals surface area contributed by atoms with Crippen molar-refractivity contribution in [3.63, 3.8) is 0 Å². The number of aromatic nitrogens is 3. The van der Waals surface area contributed by atoms with E-state index in [2.05, 4.69) is 20.3 Å². The third kappa shape index (κ3) is 3.61. The van der Waals surface area contributed by atoms with Gasteiger partial charge in [0.05, 0.1) is 24.8 Å². The lowest BCUT2D eigenvalue weighted by molar-refractivity contribution is 0.0234. The van der Waals surface area contributed by atoms with Gasteiger partial charge in [0, 0.05) is 30.2 Å². The second-order valence-electron chi connectivity index (χ2n) is 6.95. The minimum atomic E-state index is -0.314. The number of H-pyrrole nitrogens is 1. The number of imidazole rings is 1. The number of aromatic amines is 1. The first kappa shape index (κ1) is 18.2. The average Bonchev–Trinajstić information content (AvgIpc) is 3.25. The summed E-state index contributed by atoms with van der Waals surface area (Å²) < 4.78 is 5.13. The van der Waals surface area contributed by atoms with Crippen LogP contribution in [0.25, 0.3) is 11.4 Å². The predicted molar refractivity (Wildman–Crippen MR) is 104 cm³/mol. The van der Waals surface area contributed by atoms with Gasteiger partial charge in [-0.3, -0.25) is 4.79 Å². The van der Waals surface area contributed by atoms with Crippen LogP contribution >= 0.6 is 0 Å². The highest BCUT2D eigenvalue weighted by Crippen LogP contribution is 2.38. The Morgan fingerprint density at radius 1 is 1.25 bits per heavy atom. The van der Waals surface area contributed by atoms with E-state index in [1.807, 2.05) is 24.3 Å². The van der Waals surface area contributed by atoms with Gasteiger partial charge in [-0.15, -0.1) is 0 Å². The lowest BCUT2D eigenvalue weighted by Crippen LogP contribution is -2.41. The van der Waals surface area contributed by atoms with Crippen LogP contribution in [0.1, 0.15) is 34.8 Å². The van der Waals surface area contributed by atoms with Crippen molar-refractivity contribution in [1.29, 1.82) is 0 Å². The van der Waals surface area contributed by atoms with Crippen LogP contribution in [-0.2, 0) is 0 Å². The molecule has 1 fully saturated rings. The number of hydrogen-bond acceptors (Lipinski definition) is 5. The van der Waals surface area contributed by atoms with E-state index in [4.69, 9.17) is 4.74 Å². The summed E-state index contributed by atoms with van der Waals surface area (Å²) in [5.74, 6) is 1.14. The van der Waals surface area contributed by atoms with Gasteiger partial charge < -0.3 is 20.1 Å². The van der Waals surface area contributed by atoms with Crippen molar-refractivity contribution >= 4 is 5.91 Å². The molecule has 1 amide bonds. The molecule has 7 nitrogen and oxygen atoms in total. The van der Waals surface area contributed by atoms with Gasteiger partial charge in [0.25, 0.3) is 5.91 Å². The number of carbonyl (C=O) groups is 1. The number of ether oxygens (including phenoxy) is 1. The number of pyridine rings is 1. The Bertz CT molecular complexity index is 935. The molecule has 0 spiro atoms. The molecule has 7 heteroatoms. The Morgan fingerprint density at radius 2 is 2.07 bits per heavy atom. The van der Waals surface area contributed by atoms with Crippen molar-refractivity contribution in [2.45, 2.75) is 25.0 Å². The smallest absolute Gasteiger partial charge is 0.252 e. The second-order valence-corrected chi connectivity index (χ2v) is 6.95. The fraction of sp³-hybridized carbons (Fsp3) is 0.286. The highest BCUT2D eigenvalue weighted by atomic mass is 16.5. The molecule has 0 unspecified atom stereocenters.